The van der Waals surface area contributed by atoms with Crippen LogP contribution in [0.5, 0.6) is 0 Å². The van der Waals surface area contributed by atoms with Crippen molar-refractivity contribution in [1.29, 1.82) is 0 Å². The van der Waals surface area contributed by atoms with Crippen LogP contribution in [-0.4, -0.2) is 41.5 Å². The number of nitrogens with zero attached hydrogens (tertiary/aromatic N) is 1. The summed E-state index contributed by atoms with van der Waals surface area (Å²) >= 11 is 0. The number of rotatable bonds is 3. The Labute approximate surface area is 122 Å². The number of nitrogens with two attached hydrogens (primary N) is 1. The second-order valence-electron chi connectivity index (χ2n) is 7.39. The molecule has 0 spiro atoms. The van der Waals surface area contributed by atoms with E-state index < -0.39 is 0 Å². The third-order valence-corrected chi connectivity index (χ3v) is 5.82. The summed E-state index contributed by atoms with van der Waals surface area (Å²) in [7, 11) is 2.25. The van der Waals surface area contributed by atoms with Gasteiger partial charge in [-0.2, -0.15) is 0 Å². The first-order valence-corrected chi connectivity index (χ1v) is 8.36. The first kappa shape index (κ1) is 14.3. The molecule has 2 unspecified atom stereocenters. The first-order valence-electron chi connectivity index (χ1n) is 8.36. The van der Waals surface area contributed by atoms with Gasteiger partial charge in [0.2, 0.25) is 5.91 Å². The highest BCUT2D eigenvalue weighted by Gasteiger charge is 2.37. The van der Waals surface area contributed by atoms with Gasteiger partial charge in [-0.1, -0.05) is 19.3 Å². The quantitative estimate of drug-likeness (QED) is 0.828. The maximum Gasteiger partial charge on any atom is 0.222 e. The second kappa shape index (κ2) is 5.64. The molecule has 1 saturated carbocycles. The minimum Gasteiger partial charge on any atom is -0.353 e. The number of amides is 1. The average molecular weight is 279 g/mol. The van der Waals surface area contributed by atoms with Crippen molar-refractivity contribution in [2.24, 2.45) is 5.73 Å². The summed E-state index contributed by atoms with van der Waals surface area (Å²) in [5.41, 5.74) is 6.09. The molecule has 2 bridgehead atoms. The Morgan fingerprint density at radius 3 is 2.40 bits per heavy atom. The lowest BCUT2D eigenvalue weighted by atomic mass is 9.82. The van der Waals surface area contributed by atoms with Gasteiger partial charge in [-0.25, -0.2) is 0 Å². The molecule has 1 amide bonds. The molecule has 2 saturated heterocycles. The SMILES string of the molecule is CN1C2CCCC1CC(NC(=O)CC1(N)CCCC1)C2. The molecule has 1 aliphatic carbocycles. The first-order chi connectivity index (χ1) is 9.56. The van der Waals surface area contributed by atoms with Crippen LogP contribution in [0, 0.1) is 0 Å². The van der Waals surface area contributed by atoms with Crippen LogP contribution in [0.4, 0.5) is 0 Å². The van der Waals surface area contributed by atoms with Gasteiger partial charge in [-0.15, -0.1) is 0 Å². The number of nitrogens with one attached hydrogen (secondary N) is 1. The van der Waals surface area contributed by atoms with Crippen molar-refractivity contribution in [3.05, 3.63) is 0 Å². The second-order valence-corrected chi connectivity index (χ2v) is 7.39. The van der Waals surface area contributed by atoms with Gasteiger partial charge in [0.25, 0.3) is 0 Å². The van der Waals surface area contributed by atoms with E-state index in [4.69, 9.17) is 5.73 Å². The van der Waals surface area contributed by atoms with Crippen LogP contribution in [0.3, 0.4) is 0 Å². The van der Waals surface area contributed by atoms with Gasteiger partial charge in [0, 0.05) is 30.1 Å². The maximum absolute atomic E-state index is 12.3. The van der Waals surface area contributed by atoms with Crippen LogP contribution >= 0.6 is 0 Å². The monoisotopic (exact) mass is 279 g/mol. The zero-order valence-electron chi connectivity index (χ0n) is 12.7. The molecule has 0 radical (unpaired) electrons. The normalized spacial score (nSPS) is 36.8. The molecule has 2 atom stereocenters. The summed E-state index contributed by atoms with van der Waals surface area (Å²) in [6.45, 7) is 0. The topological polar surface area (TPSA) is 58.4 Å². The molecule has 0 aromatic carbocycles. The lowest BCUT2D eigenvalue weighted by molar-refractivity contribution is -0.123. The van der Waals surface area contributed by atoms with E-state index in [9.17, 15) is 4.79 Å². The van der Waals surface area contributed by atoms with Crippen molar-refractivity contribution in [3.63, 3.8) is 0 Å². The Hall–Kier alpha value is -0.610. The number of carbonyl (C=O) groups excluding carboxylic acids is 1. The molecule has 2 heterocycles. The van der Waals surface area contributed by atoms with Gasteiger partial charge < -0.3 is 16.0 Å². The highest BCUT2D eigenvalue weighted by Crippen LogP contribution is 2.33. The summed E-state index contributed by atoms with van der Waals surface area (Å²) < 4.78 is 0. The standard InChI is InChI=1S/C16H29N3O/c1-19-13-5-4-6-14(19)10-12(9-13)18-15(20)11-16(17)7-2-3-8-16/h12-14H,2-11,17H2,1H3,(H,18,20). The lowest BCUT2D eigenvalue weighted by Crippen LogP contribution is -2.56. The number of fused-ring (bicyclic) bond motifs is 2. The molecule has 3 N–H and O–H groups in total. The van der Waals surface area contributed by atoms with Gasteiger partial charge in [-0.3, -0.25) is 4.79 Å². The van der Waals surface area contributed by atoms with Gasteiger partial charge in [-0.05, 0) is 45.6 Å². The summed E-state index contributed by atoms with van der Waals surface area (Å²) in [5, 5.41) is 3.27. The van der Waals surface area contributed by atoms with Crippen LogP contribution < -0.4 is 11.1 Å². The maximum atomic E-state index is 12.3. The molecule has 3 rings (SSSR count). The molecule has 3 aliphatic rings. The van der Waals surface area contributed by atoms with E-state index >= 15 is 0 Å². The van der Waals surface area contributed by atoms with Gasteiger partial charge in [0.05, 0.1) is 0 Å². The van der Waals surface area contributed by atoms with E-state index in [0.29, 0.717) is 24.5 Å². The minimum atomic E-state index is -0.217. The lowest BCUT2D eigenvalue weighted by Gasteiger charge is -2.47. The highest BCUT2D eigenvalue weighted by molar-refractivity contribution is 5.77. The van der Waals surface area contributed by atoms with Gasteiger partial charge in [0.15, 0.2) is 0 Å². The molecular formula is C16H29N3O. The van der Waals surface area contributed by atoms with E-state index in [-0.39, 0.29) is 11.4 Å². The van der Waals surface area contributed by atoms with E-state index in [0.717, 1.165) is 25.7 Å². The van der Waals surface area contributed by atoms with E-state index in [1.807, 2.05) is 0 Å². The largest absolute Gasteiger partial charge is 0.353 e. The highest BCUT2D eigenvalue weighted by atomic mass is 16.1. The Morgan fingerprint density at radius 2 is 1.80 bits per heavy atom. The van der Waals surface area contributed by atoms with Crippen molar-refractivity contribution >= 4 is 5.91 Å². The van der Waals surface area contributed by atoms with Crippen molar-refractivity contribution in [3.8, 4) is 0 Å². The molecule has 4 heteroatoms. The third-order valence-electron chi connectivity index (χ3n) is 5.82. The Bertz CT molecular complexity index is 351. The van der Waals surface area contributed by atoms with Crippen LogP contribution in [0.2, 0.25) is 0 Å². The van der Waals surface area contributed by atoms with E-state index in [2.05, 4.69) is 17.3 Å². The molecular weight excluding hydrogens is 250 g/mol. The summed E-state index contributed by atoms with van der Waals surface area (Å²) in [6.07, 6.45) is 11.1. The molecule has 3 fully saturated rings. The zero-order chi connectivity index (χ0) is 14.2. The molecule has 0 aromatic rings. The predicted octanol–water partition coefficient (Wildman–Crippen LogP) is 1.78. The van der Waals surface area contributed by atoms with Crippen LogP contribution in [0.15, 0.2) is 0 Å². The Morgan fingerprint density at radius 1 is 1.20 bits per heavy atom. The number of carbonyl (C=O) groups is 1. The van der Waals surface area contributed by atoms with E-state index in [1.54, 1.807) is 0 Å². The van der Waals surface area contributed by atoms with Crippen molar-refractivity contribution in [1.82, 2.24) is 10.2 Å². The minimum absolute atomic E-state index is 0.182. The van der Waals surface area contributed by atoms with Crippen LogP contribution in [0.25, 0.3) is 0 Å². The van der Waals surface area contributed by atoms with E-state index in [1.165, 1.54) is 32.1 Å². The fraction of sp³-hybridized carbons (Fsp3) is 0.938. The Kier molecular flexibility index (Phi) is 4.04. The smallest absolute Gasteiger partial charge is 0.222 e. The van der Waals surface area contributed by atoms with Crippen molar-refractivity contribution < 1.29 is 4.79 Å². The number of piperidine rings is 2. The molecule has 4 nitrogen and oxygen atoms in total. The predicted molar refractivity (Wildman–Crippen MR) is 80.4 cm³/mol. The van der Waals surface area contributed by atoms with Gasteiger partial charge >= 0.3 is 0 Å². The summed E-state index contributed by atoms with van der Waals surface area (Å²) in [4.78, 5) is 14.8. The third kappa shape index (κ3) is 3.01. The number of hydrogen-bond donors (Lipinski definition) is 2. The van der Waals surface area contributed by atoms with Crippen LogP contribution in [-0.2, 0) is 4.79 Å². The van der Waals surface area contributed by atoms with Crippen molar-refractivity contribution in [2.75, 3.05) is 7.05 Å². The fourth-order valence-corrected chi connectivity index (χ4v) is 4.59. The van der Waals surface area contributed by atoms with Crippen molar-refractivity contribution in [2.45, 2.75) is 87.9 Å². The molecule has 0 aromatic heterocycles. The summed E-state index contributed by atoms with van der Waals surface area (Å²) in [5.74, 6) is 0.182. The zero-order valence-corrected chi connectivity index (χ0v) is 12.7. The average Bonchev–Trinajstić information content (AvgIpc) is 2.77. The molecule has 2 aliphatic heterocycles. The number of hydrogen-bond acceptors (Lipinski definition) is 3. The Balaban J connectivity index is 1.52. The molecule has 20 heavy (non-hydrogen) atoms. The fourth-order valence-electron chi connectivity index (χ4n) is 4.59. The summed E-state index contributed by atoms with van der Waals surface area (Å²) in [6, 6.07) is 1.72. The van der Waals surface area contributed by atoms with Crippen LogP contribution in [0.1, 0.15) is 64.2 Å². The van der Waals surface area contributed by atoms with Gasteiger partial charge in [0.1, 0.15) is 0 Å². The molecule has 114 valence electrons.